The average molecular weight is 173 g/mol. The molecule has 0 atom stereocenters. The highest BCUT2D eigenvalue weighted by molar-refractivity contribution is 7.98. The van der Waals surface area contributed by atoms with E-state index in [9.17, 15) is 0 Å². The zero-order valence-electron chi connectivity index (χ0n) is 6.26. The van der Waals surface area contributed by atoms with Crippen LogP contribution in [0.3, 0.4) is 0 Å². The number of thiazole rings is 1. The number of nitrogens with zero attached hydrogens (tertiary/aromatic N) is 1. The molecule has 1 rings (SSSR count). The van der Waals surface area contributed by atoms with Crippen molar-refractivity contribution in [1.82, 2.24) is 4.98 Å². The van der Waals surface area contributed by atoms with Gasteiger partial charge in [0.25, 0.3) is 0 Å². The molecule has 1 aromatic rings. The maximum atomic E-state index is 4.18. The van der Waals surface area contributed by atoms with Crippen LogP contribution in [0.5, 0.6) is 0 Å². The highest BCUT2D eigenvalue weighted by Gasteiger charge is 1.98. The normalized spacial score (nSPS) is 10.2. The molecule has 0 aliphatic rings. The summed E-state index contributed by atoms with van der Waals surface area (Å²) in [5.41, 5.74) is 3.13. The van der Waals surface area contributed by atoms with E-state index in [4.69, 9.17) is 0 Å². The summed E-state index contributed by atoms with van der Waals surface area (Å²) >= 11 is 3.65. The van der Waals surface area contributed by atoms with Crippen molar-refractivity contribution in [2.75, 3.05) is 12.0 Å². The minimum Gasteiger partial charge on any atom is -0.250 e. The van der Waals surface area contributed by atoms with Crippen molar-refractivity contribution in [2.24, 2.45) is 0 Å². The van der Waals surface area contributed by atoms with Gasteiger partial charge in [-0.15, -0.1) is 11.3 Å². The molecule has 56 valence electrons. The van der Waals surface area contributed by atoms with Gasteiger partial charge in [0.05, 0.1) is 11.2 Å². The zero-order chi connectivity index (χ0) is 7.40. The van der Waals surface area contributed by atoms with Crippen LogP contribution < -0.4 is 0 Å². The van der Waals surface area contributed by atoms with Gasteiger partial charge in [0.2, 0.25) is 0 Å². The summed E-state index contributed by atoms with van der Waals surface area (Å²) in [6.45, 7) is 2.08. The summed E-state index contributed by atoms with van der Waals surface area (Å²) in [6, 6.07) is 0. The summed E-state index contributed by atoms with van der Waals surface area (Å²) in [6.07, 6.45) is 3.31. The van der Waals surface area contributed by atoms with Crippen molar-refractivity contribution in [2.45, 2.75) is 13.3 Å². The smallest absolute Gasteiger partial charge is 0.0797 e. The van der Waals surface area contributed by atoms with Gasteiger partial charge >= 0.3 is 0 Å². The second-order valence-electron chi connectivity index (χ2n) is 2.10. The summed E-state index contributed by atoms with van der Waals surface area (Å²) in [5, 5.41) is 0. The number of aromatic nitrogens is 1. The predicted octanol–water partition coefficient (Wildman–Crippen LogP) is 2.36. The minimum atomic E-state index is 1.18. The third-order valence-electron chi connectivity index (χ3n) is 1.38. The predicted molar refractivity (Wildman–Crippen MR) is 48.9 cm³/mol. The van der Waals surface area contributed by atoms with Crippen LogP contribution in [0.15, 0.2) is 5.51 Å². The van der Waals surface area contributed by atoms with Gasteiger partial charge in [-0.3, -0.25) is 0 Å². The largest absolute Gasteiger partial charge is 0.250 e. The van der Waals surface area contributed by atoms with Gasteiger partial charge in [-0.25, -0.2) is 4.98 Å². The molecule has 0 aliphatic carbocycles. The lowest BCUT2D eigenvalue weighted by Gasteiger charge is -1.93. The van der Waals surface area contributed by atoms with Gasteiger partial charge in [-0.2, -0.15) is 11.8 Å². The molecular formula is C7H11NS2. The lowest BCUT2D eigenvalue weighted by atomic mass is 10.3. The van der Waals surface area contributed by atoms with Crippen LogP contribution in [0.1, 0.15) is 10.6 Å². The van der Waals surface area contributed by atoms with Crippen LogP contribution in [0.25, 0.3) is 0 Å². The van der Waals surface area contributed by atoms with Crippen LogP contribution in [0.4, 0.5) is 0 Å². The van der Waals surface area contributed by atoms with Crippen LogP contribution in [-0.2, 0) is 6.42 Å². The van der Waals surface area contributed by atoms with Crippen molar-refractivity contribution in [3.8, 4) is 0 Å². The average Bonchev–Trinajstić information content (AvgIpc) is 2.31. The molecule has 0 amide bonds. The standard InChI is InChI=1S/C7H11NS2/c1-6-7(3-4-9-2)10-5-8-6/h5H,3-4H2,1-2H3. The maximum absolute atomic E-state index is 4.18. The SMILES string of the molecule is CSCCc1scnc1C. The third kappa shape index (κ3) is 1.99. The van der Waals surface area contributed by atoms with Crippen LogP contribution in [0, 0.1) is 6.92 Å². The van der Waals surface area contributed by atoms with Gasteiger partial charge in [0.15, 0.2) is 0 Å². The molecule has 0 unspecified atom stereocenters. The Labute approximate surface area is 69.9 Å². The molecule has 0 spiro atoms. The van der Waals surface area contributed by atoms with Crippen molar-refractivity contribution in [1.29, 1.82) is 0 Å². The second kappa shape index (κ2) is 3.98. The number of aryl methyl sites for hydroxylation is 2. The molecule has 1 aromatic heterocycles. The van der Waals surface area contributed by atoms with Crippen molar-refractivity contribution >= 4 is 23.1 Å². The molecule has 0 aromatic carbocycles. The second-order valence-corrected chi connectivity index (χ2v) is 4.03. The molecular weight excluding hydrogens is 162 g/mol. The molecule has 0 aliphatic heterocycles. The van der Waals surface area contributed by atoms with E-state index in [0.717, 1.165) is 0 Å². The van der Waals surface area contributed by atoms with Crippen LogP contribution in [-0.4, -0.2) is 17.0 Å². The Balaban J connectivity index is 2.49. The van der Waals surface area contributed by atoms with Crippen molar-refractivity contribution in [3.63, 3.8) is 0 Å². The van der Waals surface area contributed by atoms with E-state index >= 15 is 0 Å². The van der Waals surface area contributed by atoms with E-state index in [1.807, 2.05) is 17.3 Å². The molecule has 1 nitrogen and oxygen atoms in total. The Kier molecular flexibility index (Phi) is 3.22. The van der Waals surface area contributed by atoms with Crippen molar-refractivity contribution < 1.29 is 0 Å². The summed E-state index contributed by atoms with van der Waals surface area (Å²) in [5.74, 6) is 1.21. The van der Waals surface area contributed by atoms with Crippen LogP contribution >= 0.6 is 23.1 Å². The van der Waals surface area contributed by atoms with Gasteiger partial charge in [0, 0.05) is 4.88 Å². The quantitative estimate of drug-likeness (QED) is 0.696. The fraction of sp³-hybridized carbons (Fsp3) is 0.571. The fourth-order valence-corrected chi connectivity index (χ4v) is 2.08. The van der Waals surface area contributed by atoms with E-state index in [-0.39, 0.29) is 0 Å². The lowest BCUT2D eigenvalue weighted by Crippen LogP contribution is -1.86. The highest BCUT2D eigenvalue weighted by atomic mass is 32.2. The molecule has 0 saturated heterocycles. The summed E-state index contributed by atoms with van der Waals surface area (Å²) in [4.78, 5) is 5.62. The Hall–Kier alpha value is -0.0200. The topological polar surface area (TPSA) is 12.9 Å². The van der Waals surface area contributed by atoms with E-state index < -0.39 is 0 Å². The minimum absolute atomic E-state index is 1.18. The van der Waals surface area contributed by atoms with Crippen LogP contribution in [0.2, 0.25) is 0 Å². The van der Waals surface area contributed by atoms with E-state index in [2.05, 4.69) is 18.2 Å². The van der Waals surface area contributed by atoms with Gasteiger partial charge in [0.1, 0.15) is 0 Å². The molecule has 0 saturated carbocycles. The van der Waals surface area contributed by atoms with Crippen molar-refractivity contribution in [3.05, 3.63) is 16.1 Å². The monoisotopic (exact) mass is 173 g/mol. The molecule has 0 fully saturated rings. The Bertz CT molecular complexity index is 195. The van der Waals surface area contributed by atoms with Gasteiger partial charge in [-0.05, 0) is 25.4 Å². The first kappa shape index (κ1) is 8.08. The third-order valence-corrected chi connectivity index (χ3v) is 2.99. The summed E-state index contributed by atoms with van der Waals surface area (Å²) < 4.78 is 0. The maximum Gasteiger partial charge on any atom is 0.0797 e. The number of hydrogen-bond donors (Lipinski definition) is 0. The number of hydrogen-bond acceptors (Lipinski definition) is 3. The zero-order valence-corrected chi connectivity index (χ0v) is 7.89. The first-order chi connectivity index (χ1) is 4.84. The molecule has 3 heteroatoms. The van der Waals surface area contributed by atoms with Gasteiger partial charge in [-0.1, -0.05) is 0 Å². The lowest BCUT2D eigenvalue weighted by molar-refractivity contribution is 1.13. The first-order valence-electron chi connectivity index (χ1n) is 3.22. The van der Waals surface area contributed by atoms with Gasteiger partial charge < -0.3 is 0 Å². The summed E-state index contributed by atoms with van der Waals surface area (Å²) in [7, 11) is 0. The highest BCUT2D eigenvalue weighted by Crippen LogP contribution is 2.13. The first-order valence-corrected chi connectivity index (χ1v) is 5.50. The molecule has 0 radical (unpaired) electrons. The Morgan fingerprint density at radius 1 is 1.70 bits per heavy atom. The molecule has 0 N–H and O–H groups in total. The van der Waals surface area contributed by atoms with E-state index in [1.54, 1.807) is 11.3 Å². The number of rotatable bonds is 3. The Morgan fingerprint density at radius 3 is 3.00 bits per heavy atom. The van der Waals surface area contributed by atoms with E-state index in [1.165, 1.54) is 22.7 Å². The number of thioether (sulfide) groups is 1. The fourth-order valence-electron chi connectivity index (χ4n) is 0.761. The molecule has 10 heavy (non-hydrogen) atoms. The Morgan fingerprint density at radius 2 is 2.50 bits per heavy atom. The molecule has 1 heterocycles. The van der Waals surface area contributed by atoms with E-state index in [0.29, 0.717) is 0 Å². The molecule has 0 bridgehead atoms.